The van der Waals surface area contributed by atoms with Gasteiger partial charge in [-0.05, 0) is 19.3 Å². The SMILES string of the molecule is CC.COCCCCCCCCc1ccon1. The first-order valence-electron chi connectivity index (χ1n) is 6.81. The molecule has 0 aliphatic heterocycles. The van der Waals surface area contributed by atoms with Crippen molar-refractivity contribution in [3.63, 3.8) is 0 Å². The predicted molar refractivity (Wildman–Crippen MR) is 71.1 cm³/mol. The second-order valence-corrected chi connectivity index (χ2v) is 3.85. The molecule has 0 atom stereocenters. The summed E-state index contributed by atoms with van der Waals surface area (Å²) < 4.78 is 9.77. The van der Waals surface area contributed by atoms with Crippen LogP contribution in [0, 0.1) is 0 Å². The molecule has 0 bridgehead atoms. The minimum absolute atomic E-state index is 0.902. The lowest BCUT2D eigenvalue weighted by molar-refractivity contribution is 0.192. The molecule has 3 nitrogen and oxygen atoms in total. The van der Waals surface area contributed by atoms with Crippen LogP contribution in [0.5, 0.6) is 0 Å². The van der Waals surface area contributed by atoms with E-state index in [-0.39, 0.29) is 0 Å². The van der Waals surface area contributed by atoms with Crippen LogP contribution in [0.25, 0.3) is 0 Å². The van der Waals surface area contributed by atoms with Crippen LogP contribution in [0.15, 0.2) is 16.9 Å². The van der Waals surface area contributed by atoms with E-state index in [2.05, 4.69) is 5.16 Å². The maximum absolute atomic E-state index is 5.00. The lowest BCUT2D eigenvalue weighted by Gasteiger charge is -2.00. The van der Waals surface area contributed by atoms with Crippen molar-refractivity contribution in [3.8, 4) is 0 Å². The summed E-state index contributed by atoms with van der Waals surface area (Å²) in [6.07, 6.45) is 10.3. The molecule has 1 rings (SSSR count). The Labute approximate surface area is 106 Å². The highest BCUT2D eigenvalue weighted by atomic mass is 16.5. The van der Waals surface area contributed by atoms with Crippen molar-refractivity contribution in [2.45, 2.75) is 58.8 Å². The molecule has 1 heterocycles. The first kappa shape index (κ1) is 16.2. The Bertz CT molecular complexity index is 222. The van der Waals surface area contributed by atoms with Gasteiger partial charge in [0.2, 0.25) is 0 Å². The highest BCUT2D eigenvalue weighted by molar-refractivity contribution is 4.94. The van der Waals surface area contributed by atoms with E-state index in [9.17, 15) is 0 Å². The molecule has 0 spiro atoms. The maximum Gasteiger partial charge on any atom is 0.124 e. The Kier molecular flexibility index (Phi) is 12.6. The van der Waals surface area contributed by atoms with E-state index in [0.29, 0.717) is 0 Å². The van der Waals surface area contributed by atoms with Crippen LogP contribution >= 0.6 is 0 Å². The van der Waals surface area contributed by atoms with Crippen LogP contribution in [0.2, 0.25) is 0 Å². The molecule has 1 aromatic heterocycles. The Morgan fingerprint density at radius 2 is 1.71 bits per heavy atom. The summed E-state index contributed by atoms with van der Waals surface area (Å²) >= 11 is 0. The maximum atomic E-state index is 5.00. The minimum atomic E-state index is 0.902. The van der Waals surface area contributed by atoms with Crippen LogP contribution in [-0.4, -0.2) is 18.9 Å². The summed E-state index contributed by atoms with van der Waals surface area (Å²) in [6, 6.07) is 1.94. The minimum Gasteiger partial charge on any atom is -0.385 e. The third-order valence-corrected chi connectivity index (χ3v) is 2.52. The van der Waals surface area contributed by atoms with Crippen molar-refractivity contribution < 1.29 is 9.26 Å². The van der Waals surface area contributed by atoms with Crippen molar-refractivity contribution in [1.29, 1.82) is 0 Å². The smallest absolute Gasteiger partial charge is 0.124 e. The first-order valence-corrected chi connectivity index (χ1v) is 6.81. The molecule has 3 heteroatoms. The average molecular weight is 241 g/mol. The lowest BCUT2D eigenvalue weighted by atomic mass is 10.1. The third kappa shape index (κ3) is 10.1. The van der Waals surface area contributed by atoms with E-state index in [1.165, 1.54) is 38.5 Å². The number of methoxy groups -OCH3 is 1. The summed E-state index contributed by atoms with van der Waals surface area (Å²) in [5, 5.41) is 3.88. The summed E-state index contributed by atoms with van der Waals surface area (Å²) in [5.41, 5.74) is 1.08. The van der Waals surface area contributed by atoms with E-state index in [1.807, 2.05) is 19.9 Å². The van der Waals surface area contributed by atoms with Gasteiger partial charge < -0.3 is 9.26 Å². The summed E-state index contributed by atoms with van der Waals surface area (Å²) in [5.74, 6) is 0. The number of unbranched alkanes of at least 4 members (excludes halogenated alkanes) is 5. The Balaban J connectivity index is 0.00000121. The molecule has 1 aromatic rings. The molecule has 0 aliphatic rings. The van der Waals surface area contributed by atoms with Gasteiger partial charge in [-0.3, -0.25) is 0 Å². The molecule has 0 fully saturated rings. The van der Waals surface area contributed by atoms with Crippen molar-refractivity contribution in [1.82, 2.24) is 5.16 Å². The number of nitrogens with zero attached hydrogens (tertiary/aromatic N) is 1. The molecule has 0 radical (unpaired) electrons. The second-order valence-electron chi connectivity index (χ2n) is 3.85. The quantitative estimate of drug-likeness (QED) is 0.607. The van der Waals surface area contributed by atoms with E-state index in [4.69, 9.17) is 9.26 Å². The van der Waals surface area contributed by atoms with Gasteiger partial charge in [0.1, 0.15) is 6.26 Å². The van der Waals surface area contributed by atoms with Crippen LogP contribution < -0.4 is 0 Å². The van der Waals surface area contributed by atoms with Gasteiger partial charge in [0.05, 0.1) is 5.69 Å². The molecule has 100 valence electrons. The number of aryl methyl sites for hydroxylation is 1. The number of aromatic nitrogens is 1. The van der Waals surface area contributed by atoms with Crippen LogP contribution in [0.4, 0.5) is 0 Å². The zero-order valence-corrected chi connectivity index (χ0v) is 11.6. The lowest BCUT2D eigenvalue weighted by Crippen LogP contribution is -1.89. The summed E-state index contributed by atoms with van der Waals surface area (Å²) in [7, 11) is 1.76. The van der Waals surface area contributed by atoms with Gasteiger partial charge in [-0.2, -0.15) is 0 Å². The van der Waals surface area contributed by atoms with Crippen molar-refractivity contribution in [2.24, 2.45) is 0 Å². The first-order chi connectivity index (χ1) is 8.43. The highest BCUT2D eigenvalue weighted by Crippen LogP contribution is 2.08. The predicted octanol–water partition coefficient (Wildman–Crippen LogP) is 4.23. The normalized spacial score (nSPS) is 9.82. The number of hydrogen-bond acceptors (Lipinski definition) is 3. The fourth-order valence-electron chi connectivity index (χ4n) is 1.63. The van der Waals surface area contributed by atoms with Gasteiger partial charge in [-0.1, -0.05) is 44.7 Å². The van der Waals surface area contributed by atoms with Crippen LogP contribution in [0.1, 0.15) is 58.1 Å². The molecule has 0 amide bonds. The molecule has 0 saturated carbocycles. The number of rotatable bonds is 9. The topological polar surface area (TPSA) is 35.3 Å². The van der Waals surface area contributed by atoms with Gasteiger partial charge in [-0.25, -0.2) is 0 Å². The standard InChI is InChI=1S/C12H21NO2.C2H6/c1-14-10-7-5-3-2-4-6-8-12-9-11-15-13-12;1-2/h9,11H,2-8,10H2,1H3;1-2H3. The Morgan fingerprint density at radius 1 is 1.06 bits per heavy atom. The van der Waals surface area contributed by atoms with Gasteiger partial charge in [0, 0.05) is 19.8 Å². The van der Waals surface area contributed by atoms with E-state index in [1.54, 1.807) is 13.4 Å². The van der Waals surface area contributed by atoms with E-state index in [0.717, 1.165) is 18.7 Å². The van der Waals surface area contributed by atoms with Gasteiger partial charge in [0.15, 0.2) is 0 Å². The number of ether oxygens (including phenoxy) is 1. The van der Waals surface area contributed by atoms with E-state index >= 15 is 0 Å². The average Bonchev–Trinajstić information content (AvgIpc) is 2.88. The van der Waals surface area contributed by atoms with Crippen LogP contribution in [0.3, 0.4) is 0 Å². The molecule has 0 aromatic carbocycles. The molecule has 0 unspecified atom stereocenters. The zero-order chi connectivity index (χ0) is 12.8. The third-order valence-electron chi connectivity index (χ3n) is 2.52. The van der Waals surface area contributed by atoms with Gasteiger partial charge in [-0.15, -0.1) is 0 Å². The monoisotopic (exact) mass is 241 g/mol. The van der Waals surface area contributed by atoms with Gasteiger partial charge in [0.25, 0.3) is 0 Å². The molecule has 17 heavy (non-hydrogen) atoms. The summed E-state index contributed by atoms with van der Waals surface area (Å²) in [4.78, 5) is 0. The van der Waals surface area contributed by atoms with Crippen molar-refractivity contribution >= 4 is 0 Å². The Hall–Kier alpha value is -0.830. The largest absolute Gasteiger partial charge is 0.385 e. The van der Waals surface area contributed by atoms with Crippen LogP contribution in [-0.2, 0) is 11.2 Å². The van der Waals surface area contributed by atoms with Crippen molar-refractivity contribution in [2.75, 3.05) is 13.7 Å². The number of hydrogen-bond donors (Lipinski definition) is 0. The molecule has 0 saturated heterocycles. The zero-order valence-electron chi connectivity index (χ0n) is 11.6. The Morgan fingerprint density at radius 3 is 2.29 bits per heavy atom. The van der Waals surface area contributed by atoms with Crippen molar-refractivity contribution in [3.05, 3.63) is 18.0 Å². The molecule has 0 N–H and O–H groups in total. The van der Waals surface area contributed by atoms with Gasteiger partial charge >= 0.3 is 0 Å². The fraction of sp³-hybridized carbons (Fsp3) is 0.786. The summed E-state index contributed by atoms with van der Waals surface area (Å²) in [6.45, 7) is 4.90. The fourth-order valence-corrected chi connectivity index (χ4v) is 1.63. The molecular formula is C14H27NO2. The second kappa shape index (κ2) is 13.2. The molecule has 0 aliphatic carbocycles. The molecular weight excluding hydrogens is 214 g/mol. The van der Waals surface area contributed by atoms with E-state index < -0.39 is 0 Å². The highest BCUT2D eigenvalue weighted by Gasteiger charge is 1.96.